The van der Waals surface area contributed by atoms with Crippen molar-refractivity contribution in [1.82, 2.24) is 4.90 Å². The van der Waals surface area contributed by atoms with Crippen LogP contribution in [0.2, 0.25) is 0 Å². The number of hydrogen-bond donors (Lipinski definition) is 1. The number of nitrogens with zero attached hydrogens (tertiary/aromatic N) is 3. The minimum Gasteiger partial charge on any atom is -0.490 e. The Morgan fingerprint density at radius 2 is 1.76 bits per heavy atom. The van der Waals surface area contributed by atoms with E-state index in [1.807, 2.05) is 39.0 Å². The first-order chi connectivity index (χ1) is 17.6. The number of aryl methyl sites for hydroxylation is 2. The van der Waals surface area contributed by atoms with E-state index >= 15 is 0 Å². The number of amidine groups is 3. The van der Waals surface area contributed by atoms with Gasteiger partial charge in [0.1, 0.15) is 24.8 Å². The fourth-order valence-electron chi connectivity index (χ4n) is 3.57. The zero-order chi connectivity index (χ0) is 26.7. The molecular weight excluding hydrogens is 516 g/mol. The normalized spacial score (nSPS) is 16.4. The molecule has 1 amide bonds. The average Bonchev–Trinajstić information content (AvgIpc) is 3.27. The Hall–Kier alpha value is -3.64. The fraction of sp³-hybridized carbons (Fsp3) is 0.280. The van der Waals surface area contributed by atoms with Gasteiger partial charge >= 0.3 is 0 Å². The maximum atomic E-state index is 12.6. The molecule has 0 aliphatic carbocycles. The van der Waals surface area contributed by atoms with Crippen molar-refractivity contribution in [2.24, 2.45) is 9.39 Å². The molecule has 2 aliphatic heterocycles. The van der Waals surface area contributed by atoms with Crippen LogP contribution in [0.25, 0.3) is 6.08 Å². The van der Waals surface area contributed by atoms with Crippen LogP contribution in [0.4, 0.5) is 0 Å². The zero-order valence-corrected chi connectivity index (χ0v) is 22.4. The van der Waals surface area contributed by atoms with E-state index in [0.717, 1.165) is 40.0 Å². The third kappa shape index (κ3) is 5.86. The maximum absolute atomic E-state index is 12.6. The molecule has 0 radical (unpaired) electrons. The molecule has 4 rings (SSSR count). The van der Waals surface area contributed by atoms with Crippen molar-refractivity contribution >= 4 is 49.9 Å². The Morgan fingerprint density at radius 1 is 1.03 bits per heavy atom. The van der Waals surface area contributed by atoms with Crippen molar-refractivity contribution in [3.05, 3.63) is 58.7 Å². The molecule has 0 aromatic heterocycles. The van der Waals surface area contributed by atoms with Gasteiger partial charge in [-0.1, -0.05) is 18.2 Å². The lowest BCUT2D eigenvalue weighted by atomic mass is 10.1. The second-order valence-corrected chi connectivity index (χ2v) is 10.9. The number of hydrogen-bond acceptors (Lipinski definition) is 9. The summed E-state index contributed by atoms with van der Waals surface area (Å²) in [6.07, 6.45) is 2.45. The molecule has 0 atom stereocenters. The van der Waals surface area contributed by atoms with E-state index in [1.165, 1.54) is 6.08 Å². The van der Waals surface area contributed by atoms with Gasteiger partial charge in [0.15, 0.2) is 11.5 Å². The number of ether oxygens (including phenoxy) is 3. The van der Waals surface area contributed by atoms with Crippen LogP contribution in [-0.2, 0) is 14.6 Å². The number of nitrogens with one attached hydrogen (secondary N) is 1. The molecule has 2 heterocycles. The molecule has 10 nitrogen and oxygen atoms in total. The van der Waals surface area contributed by atoms with Gasteiger partial charge in [0.05, 0.1) is 24.1 Å². The number of rotatable bonds is 8. The van der Waals surface area contributed by atoms with Crippen LogP contribution in [0.15, 0.2) is 51.4 Å². The first-order valence-electron chi connectivity index (χ1n) is 11.4. The summed E-state index contributed by atoms with van der Waals surface area (Å²) < 4.78 is 45.5. The van der Waals surface area contributed by atoms with Crippen molar-refractivity contribution < 1.29 is 27.4 Å². The van der Waals surface area contributed by atoms with Crippen LogP contribution in [0.1, 0.15) is 23.6 Å². The Morgan fingerprint density at radius 3 is 2.46 bits per heavy atom. The van der Waals surface area contributed by atoms with Crippen molar-refractivity contribution in [3.63, 3.8) is 0 Å². The van der Waals surface area contributed by atoms with Crippen LogP contribution in [0, 0.1) is 19.3 Å². The number of carbonyl (C=O) groups excluding carboxylic acids is 1. The lowest BCUT2D eigenvalue weighted by Gasteiger charge is -2.23. The number of aliphatic imine (C=N–C) groups is 1. The molecule has 0 saturated heterocycles. The van der Waals surface area contributed by atoms with Gasteiger partial charge < -0.3 is 14.2 Å². The summed E-state index contributed by atoms with van der Waals surface area (Å²) in [5.74, 6) is 0.794. The summed E-state index contributed by atoms with van der Waals surface area (Å²) in [5.41, 5.74) is 2.64. The van der Waals surface area contributed by atoms with Crippen molar-refractivity contribution in [2.45, 2.75) is 20.8 Å². The first kappa shape index (κ1) is 26.4. The van der Waals surface area contributed by atoms with Crippen LogP contribution >= 0.6 is 11.9 Å². The predicted octanol–water partition coefficient (Wildman–Crippen LogP) is 3.78. The summed E-state index contributed by atoms with van der Waals surface area (Å²) in [7, 11) is -3.72. The number of sulfone groups is 1. The molecular formula is C25H26N4O6S2. The first-order valence-corrected chi connectivity index (χ1v) is 14.0. The molecule has 0 saturated carbocycles. The van der Waals surface area contributed by atoms with E-state index < -0.39 is 15.7 Å². The lowest BCUT2D eigenvalue weighted by Crippen LogP contribution is -2.45. The summed E-state index contributed by atoms with van der Waals surface area (Å²) in [5, 5.41) is 8.18. The van der Waals surface area contributed by atoms with E-state index in [1.54, 1.807) is 18.2 Å². The van der Waals surface area contributed by atoms with E-state index in [4.69, 9.17) is 19.6 Å². The predicted molar refractivity (Wildman–Crippen MR) is 144 cm³/mol. The number of fused-ring (bicyclic) bond motifs is 1. The molecule has 1 N–H and O–H groups in total. The second kappa shape index (κ2) is 10.8. The average molecular weight is 543 g/mol. The highest BCUT2D eigenvalue weighted by Gasteiger charge is 2.41. The van der Waals surface area contributed by atoms with Crippen molar-refractivity contribution in [3.8, 4) is 17.2 Å². The number of amides is 1. The van der Waals surface area contributed by atoms with Gasteiger partial charge in [-0.3, -0.25) is 10.2 Å². The summed E-state index contributed by atoms with van der Waals surface area (Å²) in [6.45, 7) is 6.84. The van der Waals surface area contributed by atoms with E-state index in [-0.39, 0.29) is 28.4 Å². The van der Waals surface area contributed by atoms with Gasteiger partial charge in [0, 0.05) is 6.26 Å². The van der Waals surface area contributed by atoms with Gasteiger partial charge in [-0.15, -0.1) is 0 Å². The van der Waals surface area contributed by atoms with E-state index in [0.29, 0.717) is 30.3 Å². The molecule has 2 aromatic carbocycles. The quantitative estimate of drug-likeness (QED) is 0.303. The third-order valence-electron chi connectivity index (χ3n) is 5.35. The molecule has 0 fully saturated rings. The van der Waals surface area contributed by atoms with Crippen LogP contribution in [0.3, 0.4) is 0 Å². The lowest BCUT2D eigenvalue weighted by molar-refractivity contribution is -0.114. The largest absolute Gasteiger partial charge is 0.490 e. The third-order valence-corrected chi connectivity index (χ3v) is 7.10. The summed E-state index contributed by atoms with van der Waals surface area (Å²) in [4.78, 5) is 17.6. The number of carbonyl (C=O) groups is 1. The van der Waals surface area contributed by atoms with Crippen LogP contribution in [-0.4, -0.2) is 61.5 Å². The Labute approximate surface area is 219 Å². The fourth-order valence-corrected chi connectivity index (χ4v) is 5.42. The Balaban J connectivity index is 1.51. The van der Waals surface area contributed by atoms with Crippen LogP contribution < -0.4 is 14.2 Å². The molecule has 194 valence electrons. The molecule has 2 aromatic rings. The van der Waals surface area contributed by atoms with Crippen molar-refractivity contribution in [1.29, 1.82) is 5.41 Å². The molecule has 12 heteroatoms. The highest BCUT2D eigenvalue weighted by atomic mass is 32.2. The Kier molecular flexibility index (Phi) is 7.69. The SMILES string of the molecule is CCOc1cc(C=C2C(=N)N3C(=NC2=O)SN=C3S(C)(=O)=O)ccc1OCCOc1cc(C)ccc1C. The van der Waals surface area contributed by atoms with E-state index in [2.05, 4.69) is 9.39 Å². The molecule has 2 aliphatic rings. The van der Waals surface area contributed by atoms with Gasteiger partial charge in [0.2, 0.25) is 20.2 Å². The maximum Gasteiger partial charge on any atom is 0.283 e. The molecule has 0 unspecified atom stereocenters. The molecule has 37 heavy (non-hydrogen) atoms. The smallest absolute Gasteiger partial charge is 0.283 e. The standard InChI is InChI=1S/C25H26N4O6S2/c1-5-33-21-14-17(8-9-19(21)34-10-11-35-20-12-15(2)6-7-16(20)3)13-18-22(26)29-24(27-23(18)30)36-28-25(29)37(4,31)32/h6-9,12-14,26H,5,10-11H2,1-4H3. The monoisotopic (exact) mass is 542 g/mol. The number of benzene rings is 2. The van der Waals surface area contributed by atoms with Gasteiger partial charge in [-0.2, -0.15) is 9.39 Å². The molecule has 0 bridgehead atoms. The highest BCUT2D eigenvalue weighted by Crippen LogP contribution is 2.32. The minimum absolute atomic E-state index is 0.0365. The highest BCUT2D eigenvalue weighted by molar-refractivity contribution is 8.16. The van der Waals surface area contributed by atoms with Gasteiger partial charge in [-0.05, 0) is 61.7 Å². The topological polar surface area (TPSA) is 131 Å². The van der Waals surface area contributed by atoms with Crippen molar-refractivity contribution in [2.75, 3.05) is 26.1 Å². The van der Waals surface area contributed by atoms with Gasteiger partial charge in [0.25, 0.3) is 5.91 Å². The second-order valence-electron chi connectivity index (χ2n) is 8.28. The van der Waals surface area contributed by atoms with Gasteiger partial charge in [-0.25, -0.2) is 13.3 Å². The van der Waals surface area contributed by atoms with Crippen LogP contribution in [0.5, 0.6) is 17.2 Å². The molecule has 0 spiro atoms. The minimum atomic E-state index is -3.72. The summed E-state index contributed by atoms with van der Waals surface area (Å²) >= 11 is 0.746. The summed E-state index contributed by atoms with van der Waals surface area (Å²) in [6, 6.07) is 11.1. The Bertz CT molecular complexity index is 1460. The van der Waals surface area contributed by atoms with E-state index in [9.17, 15) is 13.2 Å². The zero-order valence-electron chi connectivity index (χ0n) is 20.8.